The van der Waals surface area contributed by atoms with Crippen LogP contribution in [-0.2, 0) is 0 Å². The third kappa shape index (κ3) is 2.92. The van der Waals surface area contributed by atoms with Gasteiger partial charge in [-0.25, -0.2) is 0 Å². The summed E-state index contributed by atoms with van der Waals surface area (Å²) in [5.74, 6) is 0.861. The summed E-state index contributed by atoms with van der Waals surface area (Å²) in [5.41, 5.74) is 1.32. The highest BCUT2D eigenvalue weighted by molar-refractivity contribution is 5.01. The van der Waals surface area contributed by atoms with Crippen LogP contribution in [0.5, 0.6) is 0 Å². The van der Waals surface area contributed by atoms with Crippen LogP contribution in [0.1, 0.15) is 46.0 Å². The van der Waals surface area contributed by atoms with Gasteiger partial charge in [0.2, 0.25) is 0 Å². The number of hydrogen-bond donors (Lipinski definition) is 1. The minimum Gasteiger partial charge on any atom is -0.314 e. The third-order valence-electron chi connectivity index (χ3n) is 4.74. The summed E-state index contributed by atoms with van der Waals surface area (Å²) >= 11 is 0. The minimum atomic E-state index is 0.661. The number of piperidine rings is 1. The van der Waals surface area contributed by atoms with Crippen LogP contribution in [0.2, 0.25) is 0 Å². The van der Waals surface area contributed by atoms with E-state index < -0.39 is 0 Å². The molecule has 0 amide bonds. The molecule has 3 atom stereocenters. The van der Waals surface area contributed by atoms with E-state index in [2.05, 4.69) is 37.7 Å². The predicted molar refractivity (Wildman–Crippen MR) is 74.2 cm³/mol. The molecule has 3 unspecified atom stereocenters. The van der Waals surface area contributed by atoms with Gasteiger partial charge in [-0.15, -0.1) is 6.58 Å². The second-order valence-electron chi connectivity index (χ2n) is 6.11. The van der Waals surface area contributed by atoms with E-state index in [1.807, 2.05) is 0 Å². The Labute approximate surface area is 106 Å². The Bertz CT molecular complexity index is 260. The standard InChI is InChI=1S/C15H28N2/c1-5-16-15(8-11(2)3)12-9-13-6-7-14(10-12)17(13)4/h12-16H,2,5-10H2,1,3-4H3. The van der Waals surface area contributed by atoms with E-state index in [0.29, 0.717) is 6.04 Å². The smallest absolute Gasteiger partial charge is 0.0133 e. The van der Waals surface area contributed by atoms with Crippen LogP contribution in [0.25, 0.3) is 0 Å². The lowest BCUT2D eigenvalue weighted by atomic mass is 9.82. The molecule has 1 N–H and O–H groups in total. The summed E-state index contributed by atoms with van der Waals surface area (Å²) in [6, 6.07) is 2.37. The van der Waals surface area contributed by atoms with Crippen molar-refractivity contribution in [3.05, 3.63) is 12.2 Å². The van der Waals surface area contributed by atoms with E-state index in [1.165, 1.54) is 31.3 Å². The van der Waals surface area contributed by atoms with Crippen LogP contribution >= 0.6 is 0 Å². The van der Waals surface area contributed by atoms with Gasteiger partial charge in [0.15, 0.2) is 0 Å². The lowest BCUT2D eigenvalue weighted by Crippen LogP contribution is -2.47. The molecule has 2 nitrogen and oxygen atoms in total. The number of hydrogen-bond acceptors (Lipinski definition) is 2. The Morgan fingerprint density at radius 1 is 1.35 bits per heavy atom. The van der Waals surface area contributed by atoms with Crippen LogP contribution in [0, 0.1) is 5.92 Å². The monoisotopic (exact) mass is 236 g/mol. The van der Waals surface area contributed by atoms with Crippen molar-refractivity contribution >= 4 is 0 Å². The summed E-state index contributed by atoms with van der Waals surface area (Å²) in [7, 11) is 2.32. The van der Waals surface area contributed by atoms with Crippen molar-refractivity contribution in [3.8, 4) is 0 Å². The SMILES string of the molecule is C=C(C)CC(NCC)C1CC2CCC(C1)N2C. The first-order valence-electron chi connectivity index (χ1n) is 7.21. The van der Waals surface area contributed by atoms with E-state index >= 15 is 0 Å². The molecule has 17 heavy (non-hydrogen) atoms. The van der Waals surface area contributed by atoms with Gasteiger partial charge in [0.05, 0.1) is 0 Å². The topological polar surface area (TPSA) is 15.3 Å². The van der Waals surface area contributed by atoms with Crippen LogP contribution in [0.4, 0.5) is 0 Å². The molecule has 2 heteroatoms. The van der Waals surface area contributed by atoms with Gasteiger partial charge in [-0.1, -0.05) is 12.5 Å². The first-order chi connectivity index (χ1) is 8.11. The molecule has 0 aromatic rings. The fourth-order valence-corrected chi connectivity index (χ4v) is 3.83. The van der Waals surface area contributed by atoms with Crippen molar-refractivity contribution < 1.29 is 0 Å². The van der Waals surface area contributed by atoms with Crippen molar-refractivity contribution in [1.82, 2.24) is 10.2 Å². The summed E-state index contributed by atoms with van der Waals surface area (Å²) < 4.78 is 0. The second kappa shape index (κ2) is 5.53. The fourth-order valence-electron chi connectivity index (χ4n) is 3.83. The van der Waals surface area contributed by atoms with E-state index in [4.69, 9.17) is 0 Å². The quantitative estimate of drug-likeness (QED) is 0.738. The molecule has 0 aromatic carbocycles. The molecule has 0 spiro atoms. The number of fused-ring (bicyclic) bond motifs is 2. The molecule has 0 aromatic heterocycles. The van der Waals surface area contributed by atoms with E-state index in [9.17, 15) is 0 Å². The van der Waals surface area contributed by atoms with Crippen molar-refractivity contribution in [2.45, 2.75) is 64.1 Å². The molecule has 2 rings (SSSR count). The lowest BCUT2D eigenvalue weighted by molar-refractivity contribution is 0.112. The van der Waals surface area contributed by atoms with Gasteiger partial charge >= 0.3 is 0 Å². The summed E-state index contributed by atoms with van der Waals surface area (Å²) in [6.45, 7) is 9.55. The molecular weight excluding hydrogens is 208 g/mol. The van der Waals surface area contributed by atoms with Gasteiger partial charge in [0.25, 0.3) is 0 Å². The third-order valence-corrected chi connectivity index (χ3v) is 4.74. The average molecular weight is 236 g/mol. The van der Waals surface area contributed by atoms with Crippen molar-refractivity contribution in [2.75, 3.05) is 13.6 Å². The largest absolute Gasteiger partial charge is 0.314 e. The number of rotatable bonds is 5. The molecule has 0 radical (unpaired) electrons. The zero-order valence-electron chi connectivity index (χ0n) is 11.7. The predicted octanol–water partition coefficient (Wildman–Crippen LogP) is 2.80. The van der Waals surface area contributed by atoms with Crippen LogP contribution < -0.4 is 5.32 Å². The number of nitrogens with zero attached hydrogens (tertiary/aromatic N) is 1. The van der Waals surface area contributed by atoms with Crippen LogP contribution in [0.3, 0.4) is 0 Å². The first-order valence-corrected chi connectivity index (χ1v) is 7.21. The number of nitrogens with one attached hydrogen (secondary N) is 1. The maximum atomic E-state index is 4.09. The molecule has 2 fully saturated rings. The fraction of sp³-hybridized carbons (Fsp3) is 0.867. The summed E-state index contributed by atoms with van der Waals surface area (Å²) in [6.07, 6.45) is 6.77. The highest BCUT2D eigenvalue weighted by Gasteiger charge is 2.40. The molecule has 0 saturated carbocycles. The molecular formula is C15H28N2. The maximum Gasteiger partial charge on any atom is 0.0133 e. The zero-order valence-corrected chi connectivity index (χ0v) is 11.7. The van der Waals surface area contributed by atoms with Crippen LogP contribution in [-0.4, -0.2) is 36.6 Å². The van der Waals surface area contributed by atoms with E-state index in [0.717, 1.165) is 31.0 Å². The lowest BCUT2D eigenvalue weighted by Gasteiger charge is -2.40. The first kappa shape index (κ1) is 13.1. The highest BCUT2D eigenvalue weighted by Crippen LogP contribution is 2.39. The Morgan fingerprint density at radius 2 is 1.94 bits per heavy atom. The molecule has 2 bridgehead atoms. The Balaban J connectivity index is 1.98. The molecule has 2 heterocycles. The minimum absolute atomic E-state index is 0.661. The van der Waals surface area contributed by atoms with Gasteiger partial charge in [-0.3, -0.25) is 0 Å². The highest BCUT2D eigenvalue weighted by atomic mass is 15.2. The maximum absolute atomic E-state index is 4.09. The van der Waals surface area contributed by atoms with Gasteiger partial charge in [-0.2, -0.15) is 0 Å². The van der Waals surface area contributed by atoms with Crippen LogP contribution in [0.15, 0.2) is 12.2 Å². The molecule has 2 aliphatic heterocycles. The van der Waals surface area contributed by atoms with Gasteiger partial charge in [0.1, 0.15) is 0 Å². The zero-order chi connectivity index (χ0) is 12.4. The normalized spacial score (nSPS) is 34.9. The summed E-state index contributed by atoms with van der Waals surface area (Å²) in [5, 5.41) is 3.69. The van der Waals surface area contributed by atoms with E-state index in [1.54, 1.807) is 0 Å². The Kier molecular flexibility index (Phi) is 4.26. The van der Waals surface area contributed by atoms with Gasteiger partial charge in [0, 0.05) is 18.1 Å². The Hall–Kier alpha value is -0.340. The molecule has 2 saturated heterocycles. The second-order valence-corrected chi connectivity index (χ2v) is 6.11. The summed E-state index contributed by atoms with van der Waals surface area (Å²) in [4.78, 5) is 2.63. The van der Waals surface area contributed by atoms with E-state index in [-0.39, 0.29) is 0 Å². The average Bonchev–Trinajstić information content (AvgIpc) is 2.52. The molecule has 98 valence electrons. The van der Waals surface area contributed by atoms with Crippen molar-refractivity contribution in [3.63, 3.8) is 0 Å². The molecule has 0 aliphatic carbocycles. The van der Waals surface area contributed by atoms with Gasteiger partial charge < -0.3 is 10.2 Å². The Morgan fingerprint density at radius 3 is 2.41 bits per heavy atom. The van der Waals surface area contributed by atoms with Gasteiger partial charge in [-0.05, 0) is 58.5 Å². The van der Waals surface area contributed by atoms with Crippen molar-refractivity contribution in [2.24, 2.45) is 5.92 Å². The molecule has 2 aliphatic rings. The van der Waals surface area contributed by atoms with Crippen molar-refractivity contribution in [1.29, 1.82) is 0 Å².